The second kappa shape index (κ2) is 6.10. The van der Waals surface area contributed by atoms with E-state index in [2.05, 4.69) is 38.2 Å². The SMILES string of the molecule is Nc1ccc(Br)cc1-c1nc(CCc2ccccc2)no1. The second-order valence-corrected chi connectivity index (χ2v) is 5.65. The van der Waals surface area contributed by atoms with Gasteiger partial charge in [-0.25, -0.2) is 0 Å². The Balaban J connectivity index is 1.76. The van der Waals surface area contributed by atoms with E-state index in [-0.39, 0.29) is 0 Å². The highest BCUT2D eigenvalue weighted by Crippen LogP contribution is 2.27. The lowest BCUT2D eigenvalue weighted by molar-refractivity contribution is 0.422. The third-order valence-electron chi connectivity index (χ3n) is 3.19. The van der Waals surface area contributed by atoms with Crippen LogP contribution in [0.2, 0.25) is 0 Å². The lowest BCUT2D eigenvalue weighted by atomic mass is 10.1. The highest BCUT2D eigenvalue weighted by Gasteiger charge is 2.12. The minimum absolute atomic E-state index is 0.455. The molecule has 0 saturated heterocycles. The molecule has 0 aliphatic heterocycles. The minimum Gasteiger partial charge on any atom is -0.398 e. The van der Waals surface area contributed by atoms with Crippen LogP contribution in [0.4, 0.5) is 5.69 Å². The zero-order valence-electron chi connectivity index (χ0n) is 11.3. The third-order valence-corrected chi connectivity index (χ3v) is 3.69. The summed E-state index contributed by atoms with van der Waals surface area (Å²) in [6, 6.07) is 15.8. The summed E-state index contributed by atoms with van der Waals surface area (Å²) in [5.41, 5.74) is 8.58. The first-order valence-corrected chi connectivity index (χ1v) is 7.43. The fourth-order valence-electron chi connectivity index (χ4n) is 2.08. The van der Waals surface area contributed by atoms with Crippen molar-refractivity contribution in [3.63, 3.8) is 0 Å². The molecule has 21 heavy (non-hydrogen) atoms. The number of benzene rings is 2. The van der Waals surface area contributed by atoms with Crippen molar-refractivity contribution in [3.8, 4) is 11.5 Å². The van der Waals surface area contributed by atoms with Gasteiger partial charge >= 0.3 is 0 Å². The number of hydrogen-bond donors (Lipinski definition) is 1. The van der Waals surface area contributed by atoms with Crippen molar-refractivity contribution >= 4 is 21.6 Å². The van der Waals surface area contributed by atoms with Crippen molar-refractivity contribution in [2.45, 2.75) is 12.8 Å². The Hall–Kier alpha value is -2.14. The van der Waals surface area contributed by atoms with Gasteiger partial charge < -0.3 is 10.3 Å². The van der Waals surface area contributed by atoms with Gasteiger partial charge in [0, 0.05) is 16.6 Å². The number of aromatic nitrogens is 2. The van der Waals surface area contributed by atoms with Crippen LogP contribution in [0.3, 0.4) is 0 Å². The van der Waals surface area contributed by atoms with Crippen LogP contribution in [-0.2, 0) is 12.8 Å². The van der Waals surface area contributed by atoms with Gasteiger partial charge in [-0.2, -0.15) is 4.98 Å². The summed E-state index contributed by atoms with van der Waals surface area (Å²) in [6.07, 6.45) is 1.62. The average molecular weight is 344 g/mol. The maximum absolute atomic E-state index is 5.95. The van der Waals surface area contributed by atoms with Crippen molar-refractivity contribution < 1.29 is 4.52 Å². The molecule has 1 aromatic heterocycles. The first-order valence-electron chi connectivity index (χ1n) is 6.64. The van der Waals surface area contributed by atoms with E-state index in [0.29, 0.717) is 17.4 Å². The molecule has 0 aliphatic carbocycles. The Morgan fingerprint density at radius 2 is 1.86 bits per heavy atom. The van der Waals surface area contributed by atoms with E-state index in [1.807, 2.05) is 36.4 Å². The van der Waals surface area contributed by atoms with Crippen molar-refractivity contribution in [1.29, 1.82) is 0 Å². The highest BCUT2D eigenvalue weighted by molar-refractivity contribution is 9.10. The monoisotopic (exact) mass is 343 g/mol. The summed E-state index contributed by atoms with van der Waals surface area (Å²) in [4.78, 5) is 4.42. The van der Waals surface area contributed by atoms with Gasteiger partial charge in [-0.05, 0) is 30.2 Å². The molecule has 0 unspecified atom stereocenters. The van der Waals surface area contributed by atoms with Crippen molar-refractivity contribution in [3.05, 3.63) is 64.4 Å². The zero-order chi connectivity index (χ0) is 14.7. The van der Waals surface area contributed by atoms with E-state index in [1.165, 1.54) is 5.56 Å². The Kier molecular flexibility index (Phi) is 4.01. The molecule has 0 spiro atoms. The number of nitrogen functional groups attached to an aromatic ring is 1. The Bertz CT molecular complexity index is 740. The maximum atomic E-state index is 5.95. The molecule has 2 N–H and O–H groups in total. The number of halogens is 1. The lowest BCUT2D eigenvalue weighted by Crippen LogP contribution is -1.94. The predicted octanol–water partition coefficient (Wildman–Crippen LogP) is 3.87. The maximum Gasteiger partial charge on any atom is 0.260 e. The van der Waals surface area contributed by atoms with Crippen LogP contribution in [0, 0.1) is 0 Å². The fourth-order valence-corrected chi connectivity index (χ4v) is 2.44. The van der Waals surface area contributed by atoms with Gasteiger partial charge in [0.1, 0.15) is 0 Å². The molecule has 3 rings (SSSR count). The molecule has 0 bridgehead atoms. The average Bonchev–Trinajstić information content (AvgIpc) is 2.97. The number of rotatable bonds is 4. The van der Waals surface area contributed by atoms with Crippen LogP contribution in [0.5, 0.6) is 0 Å². The summed E-state index contributed by atoms with van der Waals surface area (Å²) in [6.45, 7) is 0. The van der Waals surface area contributed by atoms with Gasteiger partial charge in [0.15, 0.2) is 5.82 Å². The molecule has 1 heterocycles. The highest BCUT2D eigenvalue weighted by atomic mass is 79.9. The zero-order valence-corrected chi connectivity index (χ0v) is 12.9. The Morgan fingerprint density at radius 3 is 2.67 bits per heavy atom. The molecule has 0 saturated carbocycles. The van der Waals surface area contributed by atoms with E-state index >= 15 is 0 Å². The second-order valence-electron chi connectivity index (χ2n) is 4.73. The Morgan fingerprint density at radius 1 is 1.05 bits per heavy atom. The smallest absolute Gasteiger partial charge is 0.260 e. The van der Waals surface area contributed by atoms with E-state index < -0.39 is 0 Å². The van der Waals surface area contributed by atoms with Gasteiger partial charge in [0.2, 0.25) is 0 Å². The molecule has 5 heteroatoms. The van der Waals surface area contributed by atoms with Crippen LogP contribution in [-0.4, -0.2) is 10.1 Å². The molecule has 106 valence electrons. The van der Waals surface area contributed by atoms with Crippen LogP contribution in [0.1, 0.15) is 11.4 Å². The van der Waals surface area contributed by atoms with Gasteiger partial charge in [-0.3, -0.25) is 0 Å². The van der Waals surface area contributed by atoms with E-state index in [1.54, 1.807) is 0 Å². The van der Waals surface area contributed by atoms with Crippen molar-refractivity contribution in [2.24, 2.45) is 0 Å². The van der Waals surface area contributed by atoms with Crippen LogP contribution in [0.25, 0.3) is 11.5 Å². The number of nitrogens with two attached hydrogens (primary N) is 1. The van der Waals surface area contributed by atoms with E-state index in [4.69, 9.17) is 10.3 Å². The molecular formula is C16H14BrN3O. The lowest BCUT2D eigenvalue weighted by Gasteiger charge is -2.00. The van der Waals surface area contributed by atoms with Gasteiger partial charge in [-0.1, -0.05) is 51.4 Å². The molecular weight excluding hydrogens is 330 g/mol. The molecule has 0 aliphatic rings. The number of hydrogen-bond acceptors (Lipinski definition) is 4. The van der Waals surface area contributed by atoms with E-state index in [9.17, 15) is 0 Å². The quantitative estimate of drug-likeness (QED) is 0.730. The van der Waals surface area contributed by atoms with Crippen LogP contribution < -0.4 is 5.73 Å². The normalized spacial score (nSPS) is 10.7. The van der Waals surface area contributed by atoms with Crippen LogP contribution in [0.15, 0.2) is 57.5 Å². The van der Waals surface area contributed by atoms with Crippen molar-refractivity contribution in [2.75, 3.05) is 5.73 Å². The Labute approximate surface area is 131 Å². The van der Waals surface area contributed by atoms with Gasteiger partial charge in [0.05, 0.1) is 5.56 Å². The molecule has 0 radical (unpaired) electrons. The summed E-state index contributed by atoms with van der Waals surface area (Å²) in [5.74, 6) is 1.14. The molecule has 3 aromatic rings. The minimum atomic E-state index is 0.455. The first kappa shape index (κ1) is 13.8. The van der Waals surface area contributed by atoms with Crippen molar-refractivity contribution in [1.82, 2.24) is 10.1 Å². The predicted molar refractivity (Wildman–Crippen MR) is 85.7 cm³/mol. The summed E-state index contributed by atoms with van der Waals surface area (Å²) in [5, 5.41) is 4.02. The summed E-state index contributed by atoms with van der Waals surface area (Å²) >= 11 is 3.42. The number of nitrogens with zero attached hydrogens (tertiary/aromatic N) is 2. The molecule has 0 amide bonds. The molecule has 0 fully saturated rings. The topological polar surface area (TPSA) is 64.9 Å². The van der Waals surface area contributed by atoms with Crippen LogP contribution >= 0.6 is 15.9 Å². The first-order chi connectivity index (χ1) is 10.2. The number of aryl methyl sites for hydroxylation is 2. The van der Waals surface area contributed by atoms with E-state index in [0.717, 1.165) is 22.9 Å². The van der Waals surface area contributed by atoms with Gasteiger partial charge in [-0.15, -0.1) is 0 Å². The standard InChI is InChI=1S/C16H14BrN3O/c17-12-7-8-14(18)13(10-12)16-19-15(20-21-16)9-6-11-4-2-1-3-5-11/h1-5,7-8,10H,6,9,18H2. The summed E-state index contributed by atoms with van der Waals surface area (Å²) in [7, 11) is 0. The molecule has 2 aromatic carbocycles. The number of anilines is 1. The molecule has 4 nitrogen and oxygen atoms in total. The summed E-state index contributed by atoms with van der Waals surface area (Å²) < 4.78 is 6.24. The molecule has 0 atom stereocenters. The fraction of sp³-hybridized carbons (Fsp3) is 0.125. The third kappa shape index (κ3) is 3.31. The van der Waals surface area contributed by atoms with Gasteiger partial charge in [0.25, 0.3) is 5.89 Å². The largest absolute Gasteiger partial charge is 0.398 e.